The van der Waals surface area contributed by atoms with Gasteiger partial charge in [-0.15, -0.1) is 0 Å². The van der Waals surface area contributed by atoms with E-state index in [1.165, 1.54) is 32.1 Å². The molecule has 3 heterocycles. The van der Waals surface area contributed by atoms with E-state index in [4.69, 9.17) is 4.98 Å². The summed E-state index contributed by atoms with van der Waals surface area (Å²) in [4.78, 5) is 14.2. The first-order chi connectivity index (χ1) is 17.1. The second kappa shape index (κ2) is 11.0. The number of nitrogens with one attached hydrogen (secondary N) is 1. The highest BCUT2D eigenvalue weighted by atomic mass is 19.1. The molecule has 0 radical (unpaired) electrons. The maximum atomic E-state index is 15.3. The summed E-state index contributed by atoms with van der Waals surface area (Å²) in [7, 11) is 2.14. The third kappa shape index (κ3) is 5.51. The van der Waals surface area contributed by atoms with E-state index < -0.39 is 0 Å². The minimum absolute atomic E-state index is 0.126. The van der Waals surface area contributed by atoms with Crippen molar-refractivity contribution in [3.8, 4) is 11.1 Å². The summed E-state index contributed by atoms with van der Waals surface area (Å²) in [6, 6.07) is 6.19. The van der Waals surface area contributed by atoms with Crippen molar-refractivity contribution in [1.29, 1.82) is 0 Å². The van der Waals surface area contributed by atoms with Crippen molar-refractivity contribution in [2.75, 3.05) is 45.1 Å². The molecule has 0 bridgehead atoms. The summed E-state index contributed by atoms with van der Waals surface area (Å²) in [5.41, 5.74) is 3.66. The summed E-state index contributed by atoms with van der Waals surface area (Å²) < 4.78 is 17.6. The summed E-state index contributed by atoms with van der Waals surface area (Å²) >= 11 is 0. The van der Waals surface area contributed by atoms with Gasteiger partial charge in [-0.1, -0.05) is 44.7 Å². The van der Waals surface area contributed by atoms with Crippen LogP contribution in [0.4, 0.5) is 10.3 Å². The molecule has 1 saturated carbocycles. The Hall–Kier alpha value is -2.51. The quantitative estimate of drug-likeness (QED) is 0.421. The highest BCUT2D eigenvalue weighted by Crippen LogP contribution is 2.37. The van der Waals surface area contributed by atoms with Crippen LogP contribution in [0.5, 0.6) is 0 Å². The van der Waals surface area contributed by atoms with Crippen molar-refractivity contribution >= 4 is 17.0 Å². The topological polar surface area (TPSA) is 49.2 Å². The van der Waals surface area contributed by atoms with Crippen molar-refractivity contribution in [1.82, 2.24) is 24.3 Å². The number of halogens is 1. The lowest BCUT2D eigenvalue weighted by Gasteiger charge is -2.32. The maximum absolute atomic E-state index is 15.3. The first-order valence-corrected chi connectivity index (χ1v) is 13.4. The van der Waals surface area contributed by atoms with Crippen LogP contribution in [0, 0.1) is 5.82 Å². The van der Waals surface area contributed by atoms with Crippen molar-refractivity contribution in [2.24, 2.45) is 0 Å². The zero-order valence-electron chi connectivity index (χ0n) is 21.3. The van der Waals surface area contributed by atoms with E-state index in [-0.39, 0.29) is 5.82 Å². The standard InChI is InChI=1S/C28H39FN6/c1-3-4-12-30-28-31-18-24-25(20-35(27(24)32-28)23-8-6-5-7-9-23)21-10-11-22(26(29)17-21)19-34-15-13-33(2)14-16-34/h10-11,17-18,20,23H,3-9,12-16,19H2,1-2H3,(H,30,31,32). The molecule has 3 aromatic rings. The fraction of sp³-hybridized carbons (Fsp3) is 0.571. The number of aromatic nitrogens is 3. The molecule has 0 amide bonds. The van der Waals surface area contributed by atoms with Crippen LogP contribution in [0.15, 0.2) is 30.6 Å². The molecule has 1 N–H and O–H groups in total. The van der Waals surface area contributed by atoms with Crippen LogP contribution >= 0.6 is 0 Å². The highest BCUT2D eigenvalue weighted by Gasteiger charge is 2.22. The molecule has 188 valence electrons. The SMILES string of the molecule is CCCCNc1ncc2c(-c3ccc(CN4CCN(C)CC4)c(F)c3)cn(C3CCCCC3)c2n1. The number of piperazine rings is 1. The van der Waals surface area contributed by atoms with Gasteiger partial charge < -0.3 is 14.8 Å². The third-order valence-corrected chi connectivity index (χ3v) is 7.71. The maximum Gasteiger partial charge on any atom is 0.224 e. The Morgan fingerprint density at radius 2 is 1.89 bits per heavy atom. The molecule has 1 saturated heterocycles. The van der Waals surface area contributed by atoms with Gasteiger partial charge in [0.2, 0.25) is 5.95 Å². The van der Waals surface area contributed by atoms with Crippen LogP contribution in [0.1, 0.15) is 63.5 Å². The van der Waals surface area contributed by atoms with Gasteiger partial charge in [-0.25, -0.2) is 9.37 Å². The molecule has 5 rings (SSSR count). The van der Waals surface area contributed by atoms with Crippen molar-refractivity contribution in [3.63, 3.8) is 0 Å². The lowest BCUT2D eigenvalue weighted by atomic mass is 9.95. The fourth-order valence-electron chi connectivity index (χ4n) is 5.45. The number of unbranched alkanes of at least 4 members (excludes halogenated alkanes) is 1. The summed E-state index contributed by atoms with van der Waals surface area (Å²) in [5, 5.41) is 4.37. The third-order valence-electron chi connectivity index (χ3n) is 7.71. The largest absolute Gasteiger partial charge is 0.354 e. The van der Waals surface area contributed by atoms with Crippen LogP contribution < -0.4 is 5.32 Å². The monoisotopic (exact) mass is 478 g/mol. The van der Waals surface area contributed by atoms with Gasteiger partial charge in [-0.05, 0) is 37.9 Å². The van der Waals surface area contributed by atoms with Gasteiger partial charge in [0.25, 0.3) is 0 Å². The van der Waals surface area contributed by atoms with Crippen LogP contribution in [-0.4, -0.2) is 64.1 Å². The highest BCUT2D eigenvalue weighted by molar-refractivity contribution is 5.94. The van der Waals surface area contributed by atoms with Gasteiger partial charge in [0.1, 0.15) is 11.5 Å². The van der Waals surface area contributed by atoms with E-state index >= 15 is 4.39 Å². The number of benzene rings is 1. The van der Waals surface area contributed by atoms with Crippen molar-refractivity contribution < 1.29 is 4.39 Å². The van der Waals surface area contributed by atoms with Crippen molar-refractivity contribution in [2.45, 2.75) is 64.5 Å². The minimum Gasteiger partial charge on any atom is -0.354 e. The Bertz CT molecular complexity index is 1130. The Balaban J connectivity index is 1.45. The average molecular weight is 479 g/mol. The molecule has 0 spiro atoms. The fourth-order valence-corrected chi connectivity index (χ4v) is 5.45. The van der Waals surface area contributed by atoms with E-state index in [1.54, 1.807) is 6.07 Å². The first-order valence-electron chi connectivity index (χ1n) is 13.4. The van der Waals surface area contributed by atoms with Gasteiger partial charge in [0, 0.05) is 74.2 Å². The molecule has 1 aliphatic carbocycles. The van der Waals surface area contributed by atoms with Crippen LogP contribution in [0.2, 0.25) is 0 Å². The lowest BCUT2D eigenvalue weighted by molar-refractivity contribution is 0.147. The van der Waals surface area contributed by atoms with Gasteiger partial charge in [0.15, 0.2) is 0 Å². The second-order valence-corrected chi connectivity index (χ2v) is 10.3. The Labute approximate surface area is 208 Å². The summed E-state index contributed by atoms with van der Waals surface area (Å²) in [5.74, 6) is 0.556. The number of hydrogen-bond acceptors (Lipinski definition) is 5. The molecular weight excluding hydrogens is 439 g/mol. The number of anilines is 1. The summed E-state index contributed by atoms with van der Waals surface area (Å²) in [6.45, 7) is 7.77. The van der Waals surface area contributed by atoms with E-state index in [1.807, 2.05) is 12.3 Å². The molecular formula is C28H39FN6. The van der Waals surface area contributed by atoms with E-state index in [2.05, 4.69) is 50.9 Å². The molecule has 6 nitrogen and oxygen atoms in total. The van der Waals surface area contributed by atoms with E-state index in [9.17, 15) is 0 Å². The van der Waals surface area contributed by atoms with Crippen LogP contribution in [0.25, 0.3) is 22.2 Å². The average Bonchev–Trinajstić information content (AvgIpc) is 3.26. The molecule has 0 atom stereocenters. The van der Waals surface area contributed by atoms with E-state index in [0.29, 0.717) is 18.5 Å². The Morgan fingerprint density at radius 3 is 2.63 bits per heavy atom. The zero-order valence-corrected chi connectivity index (χ0v) is 21.3. The Morgan fingerprint density at radius 1 is 1.09 bits per heavy atom. The molecule has 35 heavy (non-hydrogen) atoms. The molecule has 1 aliphatic heterocycles. The van der Waals surface area contributed by atoms with Gasteiger partial charge in [-0.2, -0.15) is 4.98 Å². The smallest absolute Gasteiger partial charge is 0.224 e. The summed E-state index contributed by atoms with van der Waals surface area (Å²) in [6.07, 6.45) is 12.5. The van der Waals surface area contributed by atoms with Crippen LogP contribution in [0.3, 0.4) is 0 Å². The first kappa shape index (κ1) is 24.2. The molecule has 2 fully saturated rings. The van der Waals surface area contributed by atoms with Gasteiger partial charge >= 0.3 is 0 Å². The predicted molar refractivity (Wildman–Crippen MR) is 141 cm³/mol. The molecule has 2 aromatic heterocycles. The van der Waals surface area contributed by atoms with Gasteiger partial charge in [-0.3, -0.25) is 4.90 Å². The molecule has 1 aromatic carbocycles. The normalized spacial score (nSPS) is 18.4. The van der Waals surface area contributed by atoms with Crippen molar-refractivity contribution in [3.05, 3.63) is 42.0 Å². The number of rotatable bonds is 8. The minimum atomic E-state index is -0.126. The number of nitrogens with zero attached hydrogens (tertiary/aromatic N) is 5. The molecule has 0 unspecified atom stereocenters. The van der Waals surface area contributed by atoms with Crippen LogP contribution in [-0.2, 0) is 6.54 Å². The second-order valence-electron chi connectivity index (χ2n) is 10.3. The zero-order chi connectivity index (χ0) is 24.2. The molecule has 7 heteroatoms. The number of fused-ring (bicyclic) bond motifs is 1. The van der Waals surface area contributed by atoms with E-state index in [0.717, 1.165) is 73.3 Å². The number of likely N-dealkylation sites (N-methyl/N-ethyl adjacent to an activating group) is 1. The number of hydrogen-bond donors (Lipinski definition) is 1. The lowest BCUT2D eigenvalue weighted by Crippen LogP contribution is -2.44. The predicted octanol–water partition coefficient (Wildman–Crippen LogP) is 5.70. The molecule has 2 aliphatic rings. The van der Waals surface area contributed by atoms with Gasteiger partial charge in [0.05, 0.1) is 0 Å². The Kier molecular flexibility index (Phi) is 7.63.